The van der Waals surface area contributed by atoms with Gasteiger partial charge in [-0.3, -0.25) is 0 Å². The largest absolute Gasteiger partial charge is 0.498 e. The minimum absolute atomic E-state index is 0.288. The molecule has 0 saturated heterocycles. The van der Waals surface area contributed by atoms with Crippen molar-refractivity contribution in [2.75, 3.05) is 6.61 Å². The summed E-state index contributed by atoms with van der Waals surface area (Å²) in [5.74, 6) is -0.451. The Morgan fingerprint density at radius 1 is 1.50 bits per heavy atom. The Balaban J connectivity index is 3.93. The molecule has 0 saturated carbocycles. The van der Waals surface area contributed by atoms with Crippen LogP contribution in [0, 0.1) is 0 Å². The maximum Gasteiger partial charge on any atom is 0.330 e. The number of hydrogen-bond acceptors (Lipinski definition) is 3. The fourth-order valence-electron chi connectivity index (χ4n) is 0.603. The quantitative estimate of drug-likeness (QED) is 0.357. The molecule has 0 unspecified atom stereocenters. The maximum atomic E-state index is 10.8. The van der Waals surface area contributed by atoms with Crippen LogP contribution in [0.4, 0.5) is 0 Å². The first-order chi connectivity index (χ1) is 5.52. The molecule has 0 radical (unpaired) electrons. The standard InChI is InChI=1S/C9H14O3/c1-5-8(10)12-9(3,4)7-11-6-2/h5-6H,1-2,7H2,3-4H3. The number of ether oxygens (including phenoxy) is 2. The Kier molecular flexibility index (Phi) is 4.11. The Bertz CT molecular complexity index is 182. The van der Waals surface area contributed by atoms with E-state index in [1.807, 2.05) is 0 Å². The van der Waals surface area contributed by atoms with Gasteiger partial charge in [-0.1, -0.05) is 13.2 Å². The molecule has 0 rings (SSSR count). The summed E-state index contributed by atoms with van der Waals surface area (Å²) in [6.07, 6.45) is 2.43. The van der Waals surface area contributed by atoms with Gasteiger partial charge in [0.15, 0.2) is 0 Å². The van der Waals surface area contributed by atoms with Crippen molar-refractivity contribution in [1.29, 1.82) is 0 Å². The van der Waals surface area contributed by atoms with Crippen LogP contribution in [0.25, 0.3) is 0 Å². The molecule has 0 aromatic carbocycles. The average Bonchev–Trinajstić information content (AvgIpc) is 2.00. The molecule has 3 heteroatoms. The summed E-state index contributed by atoms with van der Waals surface area (Å²) in [6, 6.07) is 0. The van der Waals surface area contributed by atoms with E-state index < -0.39 is 11.6 Å². The lowest BCUT2D eigenvalue weighted by Crippen LogP contribution is -2.32. The topological polar surface area (TPSA) is 35.5 Å². The molecule has 0 N–H and O–H groups in total. The molecule has 0 spiro atoms. The number of carbonyl (C=O) groups is 1. The van der Waals surface area contributed by atoms with Gasteiger partial charge in [0.1, 0.15) is 12.2 Å². The highest BCUT2D eigenvalue weighted by Crippen LogP contribution is 2.09. The van der Waals surface area contributed by atoms with Crippen LogP contribution in [0.1, 0.15) is 13.8 Å². The van der Waals surface area contributed by atoms with E-state index in [2.05, 4.69) is 13.2 Å². The third kappa shape index (κ3) is 4.55. The number of carbonyl (C=O) groups excluding carboxylic acids is 1. The lowest BCUT2D eigenvalue weighted by molar-refractivity contribution is -0.153. The van der Waals surface area contributed by atoms with Crippen molar-refractivity contribution in [1.82, 2.24) is 0 Å². The third-order valence-corrected chi connectivity index (χ3v) is 1.09. The summed E-state index contributed by atoms with van der Waals surface area (Å²) >= 11 is 0. The van der Waals surface area contributed by atoms with E-state index in [4.69, 9.17) is 9.47 Å². The molecule has 68 valence electrons. The second-order valence-corrected chi connectivity index (χ2v) is 2.86. The van der Waals surface area contributed by atoms with Gasteiger partial charge in [0.25, 0.3) is 0 Å². The first kappa shape index (κ1) is 10.8. The molecule has 0 aromatic rings. The molecule has 0 aromatic heterocycles. The van der Waals surface area contributed by atoms with Crippen LogP contribution in [0.5, 0.6) is 0 Å². The Morgan fingerprint density at radius 3 is 2.50 bits per heavy atom. The van der Waals surface area contributed by atoms with Crippen LogP contribution in [0.15, 0.2) is 25.5 Å². The summed E-state index contributed by atoms with van der Waals surface area (Å²) in [4.78, 5) is 10.8. The highest BCUT2D eigenvalue weighted by molar-refractivity contribution is 5.81. The molecule has 3 nitrogen and oxygen atoms in total. The van der Waals surface area contributed by atoms with Crippen molar-refractivity contribution in [2.24, 2.45) is 0 Å². The molecular formula is C9H14O3. The highest BCUT2D eigenvalue weighted by atomic mass is 16.6. The molecule has 0 heterocycles. The molecule has 0 fully saturated rings. The minimum Gasteiger partial charge on any atom is -0.498 e. The summed E-state index contributed by atoms with van der Waals surface area (Å²) in [5.41, 5.74) is -0.639. The lowest BCUT2D eigenvalue weighted by Gasteiger charge is -2.23. The summed E-state index contributed by atoms with van der Waals surface area (Å²) in [5, 5.41) is 0. The molecule has 0 bridgehead atoms. The fraction of sp³-hybridized carbons (Fsp3) is 0.444. The van der Waals surface area contributed by atoms with Gasteiger partial charge in [0.05, 0.1) is 6.26 Å². The third-order valence-electron chi connectivity index (χ3n) is 1.09. The monoisotopic (exact) mass is 170 g/mol. The van der Waals surface area contributed by atoms with Gasteiger partial charge in [-0.15, -0.1) is 0 Å². The second kappa shape index (κ2) is 4.59. The maximum absolute atomic E-state index is 10.8. The van der Waals surface area contributed by atoms with E-state index in [-0.39, 0.29) is 6.61 Å². The highest BCUT2D eigenvalue weighted by Gasteiger charge is 2.21. The second-order valence-electron chi connectivity index (χ2n) is 2.86. The predicted octanol–water partition coefficient (Wildman–Crippen LogP) is 1.65. The number of rotatable bonds is 5. The van der Waals surface area contributed by atoms with Crippen LogP contribution < -0.4 is 0 Å². The van der Waals surface area contributed by atoms with E-state index in [0.29, 0.717) is 0 Å². The van der Waals surface area contributed by atoms with E-state index in [0.717, 1.165) is 6.08 Å². The van der Waals surface area contributed by atoms with Gasteiger partial charge < -0.3 is 9.47 Å². The lowest BCUT2D eigenvalue weighted by atomic mass is 10.1. The minimum atomic E-state index is -0.639. The fourth-order valence-corrected chi connectivity index (χ4v) is 0.603. The summed E-state index contributed by atoms with van der Waals surface area (Å²) in [6.45, 7) is 10.5. The van der Waals surface area contributed by atoms with Gasteiger partial charge in [0, 0.05) is 6.08 Å². The van der Waals surface area contributed by atoms with Crippen molar-refractivity contribution in [2.45, 2.75) is 19.4 Å². The molecular weight excluding hydrogens is 156 g/mol. The zero-order valence-electron chi connectivity index (χ0n) is 7.50. The van der Waals surface area contributed by atoms with E-state index in [9.17, 15) is 4.79 Å². The van der Waals surface area contributed by atoms with Crippen LogP contribution in [-0.2, 0) is 14.3 Å². The molecule has 0 atom stereocenters. The van der Waals surface area contributed by atoms with Gasteiger partial charge >= 0.3 is 5.97 Å². The van der Waals surface area contributed by atoms with Crippen molar-refractivity contribution in [3.63, 3.8) is 0 Å². The van der Waals surface area contributed by atoms with E-state index in [1.165, 1.54) is 6.26 Å². The van der Waals surface area contributed by atoms with Gasteiger partial charge in [-0.05, 0) is 13.8 Å². The van der Waals surface area contributed by atoms with Crippen molar-refractivity contribution < 1.29 is 14.3 Å². The molecule has 12 heavy (non-hydrogen) atoms. The van der Waals surface area contributed by atoms with E-state index in [1.54, 1.807) is 13.8 Å². The molecule has 0 aliphatic carbocycles. The molecule has 0 aliphatic rings. The van der Waals surface area contributed by atoms with Crippen LogP contribution in [0.3, 0.4) is 0 Å². The van der Waals surface area contributed by atoms with Crippen LogP contribution in [0.2, 0.25) is 0 Å². The Hall–Kier alpha value is -1.25. The summed E-state index contributed by atoms with van der Waals surface area (Å²) in [7, 11) is 0. The van der Waals surface area contributed by atoms with Crippen molar-refractivity contribution >= 4 is 5.97 Å². The normalized spacial score (nSPS) is 10.2. The number of esters is 1. The molecule has 0 amide bonds. The van der Waals surface area contributed by atoms with Crippen LogP contribution >= 0.6 is 0 Å². The van der Waals surface area contributed by atoms with Crippen LogP contribution in [-0.4, -0.2) is 18.2 Å². The zero-order valence-corrected chi connectivity index (χ0v) is 7.50. The van der Waals surface area contributed by atoms with Gasteiger partial charge in [-0.25, -0.2) is 4.79 Å². The summed E-state index contributed by atoms with van der Waals surface area (Å²) < 4.78 is 9.86. The Labute approximate surface area is 72.7 Å². The van der Waals surface area contributed by atoms with Crippen molar-refractivity contribution in [3.05, 3.63) is 25.5 Å². The molecule has 0 aliphatic heterocycles. The average molecular weight is 170 g/mol. The first-order valence-electron chi connectivity index (χ1n) is 3.60. The Morgan fingerprint density at radius 2 is 2.08 bits per heavy atom. The van der Waals surface area contributed by atoms with Crippen molar-refractivity contribution in [3.8, 4) is 0 Å². The number of hydrogen-bond donors (Lipinski definition) is 0. The SMILES string of the molecule is C=COCC(C)(C)OC(=O)C=C. The smallest absolute Gasteiger partial charge is 0.330 e. The predicted molar refractivity (Wildman–Crippen MR) is 46.5 cm³/mol. The van der Waals surface area contributed by atoms with E-state index >= 15 is 0 Å². The van der Waals surface area contributed by atoms with Gasteiger partial charge in [0.2, 0.25) is 0 Å². The van der Waals surface area contributed by atoms with Gasteiger partial charge in [-0.2, -0.15) is 0 Å². The first-order valence-corrected chi connectivity index (χ1v) is 3.60. The zero-order chi connectivity index (χ0) is 9.61.